The summed E-state index contributed by atoms with van der Waals surface area (Å²) in [6.07, 6.45) is -8.37. The molecule has 0 spiro atoms. The molecular formula is C14H16Cl2O12S2. The summed E-state index contributed by atoms with van der Waals surface area (Å²) in [4.78, 5) is 12.5. The Balaban J connectivity index is 2.41. The molecule has 0 saturated carbocycles. The van der Waals surface area contributed by atoms with E-state index in [1.807, 2.05) is 0 Å². The quantitative estimate of drug-likeness (QED) is 0.397. The molecule has 170 valence electrons. The van der Waals surface area contributed by atoms with Gasteiger partial charge >= 0.3 is 26.8 Å². The molecule has 1 aliphatic rings. The summed E-state index contributed by atoms with van der Waals surface area (Å²) in [7, 11) is -9.33. The molecule has 0 unspecified atom stereocenters. The lowest BCUT2D eigenvalue weighted by Crippen LogP contribution is -2.61. The van der Waals surface area contributed by atoms with Crippen LogP contribution in [0.3, 0.4) is 0 Å². The molecule has 0 amide bonds. The van der Waals surface area contributed by atoms with Crippen LogP contribution in [0.15, 0.2) is 18.2 Å². The van der Waals surface area contributed by atoms with Crippen LogP contribution in [0.5, 0.6) is 0 Å². The summed E-state index contributed by atoms with van der Waals surface area (Å²) in [6.45, 7) is 1.32. The highest BCUT2D eigenvalue weighted by Gasteiger charge is 2.52. The van der Waals surface area contributed by atoms with Crippen molar-refractivity contribution in [2.24, 2.45) is 0 Å². The van der Waals surface area contributed by atoms with Gasteiger partial charge in [0.1, 0.15) is 0 Å². The van der Waals surface area contributed by atoms with Crippen molar-refractivity contribution in [2.45, 2.75) is 37.6 Å². The fraction of sp³-hybridized carbons (Fsp3) is 0.500. The number of methoxy groups -OCH3 is 1. The lowest BCUT2D eigenvalue weighted by molar-refractivity contribution is -0.275. The van der Waals surface area contributed by atoms with E-state index >= 15 is 0 Å². The van der Waals surface area contributed by atoms with Gasteiger partial charge in [0.2, 0.25) is 0 Å². The van der Waals surface area contributed by atoms with Gasteiger partial charge < -0.3 is 14.2 Å². The van der Waals surface area contributed by atoms with Crippen LogP contribution in [-0.2, 0) is 43.4 Å². The molecule has 2 rings (SSSR count). The molecule has 16 heteroatoms. The topological polar surface area (TPSA) is 172 Å². The van der Waals surface area contributed by atoms with Gasteiger partial charge in [-0.05, 0) is 25.1 Å². The Morgan fingerprint density at radius 2 is 1.57 bits per heavy atom. The van der Waals surface area contributed by atoms with E-state index in [0.29, 0.717) is 0 Å². The molecule has 0 bridgehead atoms. The normalized spacial score (nSPS) is 27.6. The second-order valence-corrected chi connectivity index (χ2v) is 8.83. The van der Waals surface area contributed by atoms with Crippen LogP contribution >= 0.6 is 23.2 Å². The third-order valence-electron chi connectivity index (χ3n) is 3.82. The summed E-state index contributed by atoms with van der Waals surface area (Å²) < 4.78 is 87.4. The molecular weight excluding hydrogens is 495 g/mol. The second-order valence-electron chi connectivity index (χ2n) is 5.92. The minimum Gasteiger partial charge on any atom is -0.453 e. The summed E-state index contributed by atoms with van der Waals surface area (Å²) in [6, 6.07) is 3.73. The van der Waals surface area contributed by atoms with E-state index in [0.717, 1.165) is 7.11 Å². The molecule has 0 aromatic heterocycles. The number of ether oxygens (including phenoxy) is 3. The molecule has 1 aliphatic heterocycles. The first-order chi connectivity index (χ1) is 13.7. The first-order valence-corrected chi connectivity index (χ1v) is 11.4. The molecule has 1 fully saturated rings. The highest BCUT2D eigenvalue weighted by Crippen LogP contribution is 2.31. The highest BCUT2D eigenvalue weighted by atomic mass is 35.5. The molecule has 12 nitrogen and oxygen atoms in total. The SMILES string of the molecule is CO[C@@H]1O[C@@H](C)[C@H](OC(=O)c2ccc(Cl)c(Cl)c2)[C@@H](OS(=O)(=O)O)[C@H]1OS(=O)(=O)O. The number of esters is 1. The van der Waals surface area contributed by atoms with E-state index < -0.39 is 57.5 Å². The van der Waals surface area contributed by atoms with E-state index in [9.17, 15) is 21.6 Å². The summed E-state index contributed by atoms with van der Waals surface area (Å²) >= 11 is 11.6. The molecule has 1 aromatic rings. The van der Waals surface area contributed by atoms with Crippen molar-refractivity contribution in [1.82, 2.24) is 0 Å². The predicted molar refractivity (Wildman–Crippen MR) is 99.9 cm³/mol. The maximum absolute atomic E-state index is 12.5. The van der Waals surface area contributed by atoms with Gasteiger partial charge in [-0.2, -0.15) is 16.8 Å². The van der Waals surface area contributed by atoms with Gasteiger partial charge in [0.05, 0.1) is 21.7 Å². The first-order valence-electron chi connectivity index (χ1n) is 7.87. The number of benzene rings is 1. The van der Waals surface area contributed by atoms with Crippen LogP contribution in [0.4, 0.5) is 0 Å². The third kappa shape index (κ3) is 6.71. The van der Waals surface area contributed by atoms with E-state index in [1.54, 1.807) is 0 Å². The highest BCUT2D eigenvalue weighted by molar-refractivity contribution is 7.81. The lowest BCUT2D eigenvalue weighted by atomic mass is 9.99. The summed E-state index contributed by atoms with van der Waals surface area (Å²) in [5, 5.41) is 0.177. The maximum Gasteiger partial charge on any atom is 0.397 e. The van der Waals surface area contributed by atoms with Crippen molar-refractivity contribution in [1.29, 1.82) is 0 Å². The van der Waals surface area contributed by atoms with Crippen LogP contribution in [0, 0.1) is 0 Å². The Morgan fingerprint density at radius 3 is 2.07 bits per heavy atom. The Morgan fingerprint density at radius 1 is 1.00 bits per heavy atom. The monoisotopic (exact) mass is 510 g/mol. The van der Waals surface area contributed by atoms with Gasteiger partial charge in [0.15, 0.2) is 24.6 Å². The third-order valence-corrected chi connectivity index (χ3v) is 5.49. The summed E-state index contributed by atoms with van der Waals surface area (Å²) in [5.74, 6) is -1.04. The van der Waals surface area contributed by atoms with Gasteiger partial charge in [0.25, 0.3) is 0 Å². The van der Waals surface area contributed by atoms with Crippen molar-refractivity contribution in [3.05, 3.63) is 33.8 Å². The zero-order chi connectivity index (χ0) is 22.9. The van der Waals surface area contributed by atoms with E-state index in [2.05, 4.69) is 8.37 Å². The van der Waals surface area contributed by atoms with Crippen LogP contribution in [0.25, 0.3) is 0 Å². The van der Waals surface area contributed by atoms with E-state index in [-0.39, 0.29) is 15.6 Å². The molecule has 1 saturated heterocycles. The average molecular weight is 511 g/mol. The Bertz CT molecular complexity index is 996. The van der Waals surface area contributed by atoms with Crippen molar-refractivity contribution in [3.8, 4) is 0 Å². The van der Waals surface area contributed by atoms with Crippen molar-refractivity contribution in [3.63, 3.8) is 0 Å². The van der Waals surface area contributed by atoms with Crippen molar-refractivity contribution in [2.75, 3.05) is 7.11 Å². The maximum atomic E-state index is 12.5. The summed E-state index contributed by atoms with van der Waals surface area (Å²) in [5.41, 5.74) is -0.0941. The predicted octanol–water partition coefficient (Wildman–Crippen LogP) is 1.29. The molecule has 2 N–H and O–H groups in total. The zero-order valence-corrected chi connectivity index (χ0v) is 18.3. The molecule has 30 heavy (non-hydrogen) atoms. The van der Waals surface area contributed by atoms with Gasteiger partial charge in [-0.25, -0.2) is 13.2 Å². The minimum atomic E-state index is -5.21. The smallest absolute Gasteiger partial charge is 0.397 e. The average Bonchev–Trinajstić information content (AvgIpc) is 2.60. The van der Waals surface area contributed by atoms with Crippen LogP contribution in [0.2, 0.25) is 10.0 Å². The number of hydrogen-bond acceptors (Lipinski definition) is 10. The number of rotatable bonds is 7. The standard InChI is InChI=1S/C14H16Cl2O12S2/c1-6-10(26-13(17)7-3-4-8(15)9(16)5-7)11(27-29(18,19)20)12(14(24-2)25-6)28-30(21,22)23/h3-6,10-12,14H,1-2H3,(H,18,19,20)(H,21,22,23)/t6-,10-,11+,12+,14+/m0/s1. The fourth-order valence-electron chi connectivity index (χ4n) is 2.63. The minimum absolute atomic E-state index is 0.0248. The zero-order valence-electron chi connectivity index (χ0n) is 15.2. The molecule has 0 radical (unpaired) electrons. The Labute approximate surface area is 181 Å². The van der Waals surface area contributed by atoms with Gasteiger partial charge in [-0.3, -0.25) is 9.11 Å². The molecule has 1 heterocycles. The second kappa shape index (κ2) is 9.60. The number of carbonyl (C=O) groups is 1. The number of halogens is 2. The van der Waals surface area contributed by atoms with Crippen molar-refractivity contribution >= 4 is 50.0 Å². The number of carbonyl (C=O) groups excluding carboxylic acids is 1. The van der Waals surface area contributed by atoms with Crippen molar-refractivity contribution < 1.29 is 53.3 Å². The van der Waals surface area contributed by atoms with Gasteiger partial charge in [-0.15, -0.1) is 0 Å². The fourth-order valence-corrected chi connectivity index (χ4v) is 3.91. The Kier molecular flexibility index (Phi) is 8.06. The van der Waals surface area contributed by atoms with Crippen LogP contribution in [0.1, 0.15) is 17.3 Å². The largest absolute Gasteiger partial charge is 0.453 e. The Hall–Kier alpha value is -1.07. The first kappa shape index (κ1) is 25.2. The molecule has 1 aromatic carbocycles. The van der Waals surface area contributed by atoms with E-state index in [4.69, 9.17) is 46.5 Å². The number of hydrogen-bond donors (Lipinski definition) is 2. The van der Waals surface area contributed by atoms with E-state index in [1.165, 1.54) is 25.1 Å². The van der Waals surface area contributed by atoms with Gasteiger partial charge in [-0.1, -0.05) is 23.2 Å². The van der Waals surface area contributed by atoms with Crippen LogP contribution in [-0.4, -0.2) is 69.7 Å². The molecule has 0 aliphatic carbocycles. The van der Waals surface area contributed by atoms with Crippen LogP contribution < -0.4 is 0 Å². The van der Waals surface area contributed by atoms with Gasteiger partial charge in [0, 0.05) is 7.11 Å². The lowest BCUT2D eigenvalue weighted by Gasteiger charge is -2.42. The molecule has 5 atom stereocenters.